The Morgan fingerprint density at radius 2 is 0.909 bits per heavy atom. The molecular formula is C21H45N. The highest BCUT2D eigenvalue weighted by molar-refractivity contribution is 4.67. The van der Waals surface area contributed by atoms with E-state index >= 15 is 0 Å². The third kappa shape index (κ3) is 16.3. The predicted octanol–water partition coefficient (Wildman–Crippen LogP) is 7.25. The molecule has 134 valence electrons. The lowest BCUT2D eigenvalue weighted by Gasteiger charge is -2.19. The van der Waals surface area contributed by atoms with Crippen molar-refractivity contribution < 1.29 is 0 Å². The fourth-order valence-electron chi connectivity index (χ4n) is 3.20. The van der Waals surface area contributed by atoms with E-state index in [4.69, 9.17) is 0 Å². The third-order valence-corrected chi connectivity index (χ3v) is 4.78. The normalized spacial score (nSPS) is 12.7. The fourth-order valence-corrected chi connectivity index (χ4v) is 3.20. The average molecular weight is 312 g/mol. The first kappa shape index (κ1) is 22.0. The van der Waals surface area contributed by atoms with Crippen LogP contribution in [0.15, 0.2) is 0 Å². The van der Waals surface area contributed by atoms with E-state index in [1.807, 2.05) is 0 Å². The summed E-state index contributed by atoms with van der Waals surface area (Å²) in [5.74, 6) is 0. The predicted molar refractivity (Wildman–Crippen MR) is 103 cm³/mol. The van der Waals surface area contributed by atoms with Crippen molar-refractivity contribution >= 4 is 0 Å². The first-order valence-electron chi connectivity index (χ1n) is 10.6. The maximum Gasteiger partial charge on any atom is 0.00670 e. The minimum atomic E-state index is 0.796. The van der Waals surface area contributed by atoms with E-state index in [-0.39, 0.29) is 0 Å². The number of hydrogen-bond donors (Lipinski definition) is 1. The first-order valence-corrected chi connectivity index (χ1v) is 10.6. The molecule has 0 fully saturated rings. The van der Waals surface area contributed by atoms with Gasteiger partial charge in [-0.1, -0.05) is 104 Å². The molecule has 0 saturated heterocycles. The zero-order valence-corrected chi connectivity index (χ0v) is 16.1. The molecule has 0 rings (SSSR count). The van der Waals surface area contributed by atoms with Crippen LogP contribution in [0, 0.1) is 0 Å². The van der Waals surface area contributed by atoms with E-state index < -0.39 is 0 Å². The maximum atomic E-state index is 3.85. The summed E-state index contributed by atoms with van der Waals surface area (Å²) < 4.78 is 0. The molecule has 22 heavy (non-hydrogen) atoms. The number of hydrogen-bond acceptors (Lipinski definition) is 1. The van der Waals surface area contributed by atoms with Crippen LogP contribution in [0.5, 0.6) is 0 Å². The molecule has 0 bridgehead atoms. The van der Waals surface area contributed by atoms with Gasteiger partial charge in [0, 0.05) is 6.04 Å². The number of nitrogens with one attached hydrogen (secondary N) is 1. The van der Waals surface area contributed by atoms with Crippen LogP contribution in [0.2, 0.25) is 0 Å². The Morgan fingerprint density at radius 1 is 0.500 bits per heavy atom. The summed E-state index contributed by atoms with van der Waals surface area (Å²) >= 11 is 0. The van der Waals surface area contributed by atoms with Crippen LogP contribution in [0.3, 0.4) is 0 Å². The monoisotopic (exact) mass is 311 g/mol. The molecule has 0 heterocycles. The van der Waals surface area contributed by atoms with Gasteiger partial charge in [-0.2, -0.15) is 0 Å². The van der Waals surface area contributed by atoms with Crippen LogP contribution in [-0.4, -0.2) is 12.6 Å². The highest BCUT2D eigenvalue weighted by Gasteiger charge is 2.07. The zero-order valence-electron chi connectivity index (χ0n) is 16.1. The van der Waals surface area contributed by atoms with Crippen molar-refractivity contribution in [3.8, 4) is 0 Å². The van der Waals surface area contributed by atoms with Crippen molar-refractivity contribution in [2.75, 3.05) is 6.54 Å². The van der Waals surface area contributed by atoms with Gasteiger partial charge in [0.05, 0.1) is 0 Å². The van der Waals surface area contributed by atoms with Gasteiger partial charge in [0.15, 0.2) is 0 Å². The molecule has 0 aliphatic heterocycles. The van der Waals surface area contributed by atoms with E-state index in [9.17, 15) is 0 Å². The zero-order chi connectivity index (χ0) is 16.3. The Balaban J connectivity index is 3.69. The molecule has 1 atom stereocenters. The lowest BCUT2D eigenvalue weighted by atomic mass is 10.00. The van der Waals surface area contributed by atoms with E-state index in [2.05, 4.69) is 26.1 Å². The smallest absolute Gasteiger partial charge is 0.00670 e. The first-order chi connectivity index (χ1) is 10.8. The standard InChI is InChI=1S/C21H45N/c1-4-7-10-12-14-16-19-21(22-20-17-9-6-3)18-15-13-11-8-5-2/h21-22H,4-20H2,1-3H3. The number of rotatable bonds is 18. The highest BCUT2D eigenvalue weighted by atomic mass is 14.9. The SMILES string of the molecule is CCCCCCCCC(CCCCCCC)NCCCCC. The van der Waals surface area contributed by atoms with Crippen LogP contribution < -0.4 is 5.32 Å². The molecule has 0 aromatic rings. The Bertz CT molecular complexity index is 190. The average Bonchev–Trinajstić information content (AvgIpc) is 2.53. The Kier molecular flexibility index (Phi) is 19.0. The van der Waals surface area contributed by atoms with E-state index in [0.717, 1.165) is 6.04 Å². The van der Waals surface area contributed by atoms with E-state index in [1.165, 1.54) is 109 Å². The van der Waals surface area contributed by atoms with Crippen molar-refractivity contribution in [1.82, 2.24) is 5.32 Å². The van der Waals surface area contributed by atoms with Gasteiger partial charge < -0.3 is 5.32 Å². The Morgan fingerprint density at radius 3 is 1.41 bits per heavy atom. The second-order valence-corrected chi connectivity index (χ2v) is 7.12. The summed E-state index contributed by atoms with van der Waals surface area (Å²) in [5.41, 5.74) is 0. The summed E-state index contributed by atoms with van der Waals surface area (Å²) in [7, 11) is 0. The summed E-state index contributed by atoms with van der Waals surface area (Å²) in [5, 5.41) is 3.85. The topological polar surface area (TPSA) is 12.0 Å². The minimum Gasteiger partial charge on any atom is -0.314 e. The van der Waals surface area contributed by atoms with E-state index in [1.54, 1.807) is 0 Å². The second-order valence-electron chi connectivity index (χ2n) is 7.12. The highest BCUT2D eigenvalue weighted by Crippen LogP contribution is 2.14. The van der Waals surface area contributed by atoms with Crippen LogP contribution in [0.25, 0.3) is 0 Å². The summed E-state index contributed by atoms with van der Waals surface area (Å²) in [6.45, 7) is 8.14. The van der Waals surface area contributed by atoms with Crippen molar-refractivity contribution in [3.63, 3.8) is 0 Å². The number of unbranched alkanes of at least 4 members (excludes halogenated alkanes) is 11. The molecule has 1 unspecified atom stereocenters. The van der Waals surface area contributed by atoms with Gasteiger partial charge in [-0.05, 0) is 25.8 Å². The molecule has 1 N–H and O–H groups in total. The lowest BCUT2D eigenvalue weighted by Crippen LogP contribution is -2.30. The van der Waals surface area contributed by atoms with E-state index in [0.29, 0.717) is 0 Å². The van der Waals surface area contributed by atoms with Gasteiger partial charge in [-0.15, -0.1) is 0 Å². The Labute approximate surface area is 142 Å². The van der Waals surface area contributed by atoms with Gasteiger partial charge in [0.2, 0.25) is 0 Å². The molecule has 0 aliphatic carbocycles. The van der Waals surface area contributed by atoms with Crippen LogP contribution >= 0.6 is 0 Å². The summed E-state index contributed by atoms with van der Waals surface area (Å²) in [4.78, 5) is 0. The van der Waals surface area contributed by atoms with Crippen molar-refractivity contribution in [2.45, 2.75) is 130 Å². The summed E-state index contributed by atoms with van der Waals surface area (Å²) in [6.07, 6.45) is 22.6. The third-order valence-electron chi connectivity index (χ3n) is 4.78. The van der Waals surface area contributed by atoms with Crippen LogP contribution in [0.4, 0.5) is 0 Å². The molecule has 0 aromatic carbocycles. The molecular weight excluding hydrogens is 266 g/mol. The van der Waals surface area contributed by atoms with Crippen LogP contribution in [-0.2, 0) is 0 Å². The second kappa shape index (κ2) is 19.0. The molecule has 0 radical (unpaired) electrons. The van der Waals surface area contributed by atoms with Gasteiger partial charge in [0.25, 0.3) is 0 Å². The largest absolute Gasteiger partial charge is 0.314 e. The fraction of sp³-hybridized carbons (Fsp3) is 1.00. The van der Waals surface area contributed by atoms with Crippen molar-refractivity contribution in [1.29, 1.82) is 0 Å². The molecule has 0 aromatic heterocycles. The van der Waals surface area contributed by atoms with Gasteiger partial charge in [0.1, 0.15) is 0 Å². The van der Waals surface area contributed by atoms with Gasteiger partial charge in [-0.25, -0.2) is 0 Å². The molecule has 0 saturated carbocycles. The summed E-state index contributed by atoms with van der Waals surface area (Å²) in [6, 6.07) is 0.796. The quantitative estimate of drug-likeness (QED) is 0.263. The van der Waals surface area contributed by atoms with Crippen molar-refractivity contribution in [3.05, 3.63) is 0 Å². The minimum absolute atomic E-state index is 0.796. The maximum absolute atomic E-state index is 3.85. The van der Waals surface area contributed by atoms with Gasteiger partial charge in [-0.3, -0.25) is 0 Å². The van der Waals surface area contributed by atoms with Gasteiger partial charge >= 0.3 is 0 Å². The Hall–Kier alpha value is -0.0400. The molecule has 0 amide bonds. The van der Waals surface area contributed by atoms with Crippen LogP contribution in [0.1, 0.15) is 124 Å². The molecule has 1 nitrogen and oxygen atoms in total. The molecule has 0 aliphatic rings. The molecule has 1 heteroatoms. The molecule has 0 spiro atoms. The lowest BCUT2D eigenvalue weighted by molar-refractivity contribution is 0.408. The van der Waals surface area contributed by atoms with Crippen molar-refractivity contribution in [2.24, 2.45) is 0 Å².